The van der Waals surface area contributed by atoms with Gasteiger partial charge in [-0.15, -0.1) is 0 Å². The number of benzene rings is 3. The van der Waals surface area contributed by atoms with Gasteiger partial charge >= 0.3 is 17.6 Å². The maximum Gasteiger partial charge on any atom is 0.339 e. The predicted octanol–water partition coefficient (Wildman–Crippen LogP) is 5.12. The first-order valence-corrected chi connectivity index (χ1v) is 13.2. The monoisotopic (exact) mass is 590 g/mol. The first kappa shape index (κ1) is 29.3. The summed E-state index contributed by atoms with van der Waals surface area (Å²) in [7, 11) is 5.86. The Balaban J connectivity index is 1.61. The molecule has 0 saturated carbocycles. The van der Waals surface area contributed by atoms with Gasteiger partial charge in [-0.1, -0.05) is 0 Å². The van der Waals surface area contributed by atoms with E-state index in [1.807, 2.05) is 0 Å². The molecule has 1 aliphatic heterocycles. The van der Waals surface area contributed by atoms with Gasteiger partial charge in [0.25, 0.3) is 0 Å². The Kier molecular flexibility index (Phi) is 7.90. The molecule has 0 unspecified atom stereocenters. The Labute approximate surface area is 246 Å². The van der Waals surface area contributed by atoms with Crippen molar-refractivity contribution in [3.63, 3.8) is 0 Å². The van der Waals surface area contributed by atoms with Crippen molar-refractivity contribution in [2.45, 2.75) is 31.7 Å². The van der Waals surface area contributed by atoms with Crippen LogP contribution in [0, 0.1) is 0 Å². The van der Waals surface area contributed by atoms with Gasteiger partial charge in [-0.25, -0.2) is 14.4 Å². The number of rotatable bonds is 8. The molecule has 43 heavy (non-hydrogen) atoms. The lowest BCUT2D eigenvalue weighted by Gasteiger charge is -2.43. The van der Waals surface area contributed by atoms with Crippen molar-refractivity contribution in [1.29, 1.82) is 0 Å². The van der Waals surface area contributed by atoms with Crippen LogP contribution in [0.15, 0.2) is 69.9 Å². The van der Waals surface area contributed by atoms with Gasteiger partial charge in [0.05, 0.1) is 45.1 Å². The molecule has 3 aromatic carbocycles. The van der Waals surface area contributed by atoms with E-state index in [2.05, 4.69) is 0 Å². The molecule has 4 aromatic rings. The second-order valence-electron chi connectivity index (χ2n) is 10.1. The third-order valence-electron chi connectivity index (χ3n) is 7.11. The van der Waals surface area contributed by atoms with Crippen LogP contribution in [0.4, 0.5) is 0 Å². The van der Waals surface area contributed by atoms with Crippen LogP contribution in [-0.4, -0.2) is 52.1 Å². The molecule has 0 fully saturated rings. The standard InChI is InChI=1S/C32H30O11/c1-32(2)29(42-31(35)19-9-12-21(37-4)24(16-19)39-6)28(41-30(34)18-8-11-20(36-3)23(15-18)38-5)26-22(43-32)13-7-17-10-14-25(33)40-27(17)26/h7-16,28-29H,1-6H3/t28-,29+/m1/s1. The van der Waals surface area contributed by atoms with Gasteiger partial charge in [-0.05, 0) is 68.4 Å². The summed E-state index contributed by atoms with van der Waals surface area (Å²) in [5, 5.41) is 0.554. The van der Waals surface area contributed by atoms with Crippen LogP contribution in [0.25, 0.3) is 11.0 Å². The first-order chi connectivity index (χ1) is 20.6. The molecule has 0 saturated heterocycles. The largest absolute Gasteiger partial charge is 0.493 e. The van der Waals surface area contributed by atoms with Crippen molar-refractivity contribution in [2.75, 3.05) is 28.4 Å². The SMILES string of the molecule is COc1ccc(C(=O)O[C@@H]2c3c(ccc4ccc(=O)oc34)OC(C)(C)[C@H]2OC(=O)c2ccc(OC)c(OC)c2)cc1OC. The Bertz CT molecular complexity index is 1750. The van der Waals surface area contributed by atoms with Gasteiger partial charge in [0.1, 0.15) is 16.9 Å². The quantitative estimate of drug-likeness (QED) is 0.200. The number of fused-ring (bicyclic) bond motifs is 3. The molecule has 1 aliphatic rings. The number of methoxy groups -OCH3 is 4. The predicted molar refractivity (Wildman–Crippen MR) is 154 cm³/mol. The molecule has 0 amide bonds. The van der Waals surface area contributed by atoms with Gasteiger partial charge < -0.3 is 37.6 Å². The normalized spacial score (nSPS) is 16.8. The average Bonchev–Trinajstić information content (AvgIpc) is 3.01. The fourth-order valence-corrected chi connectivity index (χ4v) is 4.97. The number of carbonyl (C=O) groups is 2. The summed E-state index contributed by atoms with van der Waals surface area (Å²) in [4.78, 5) is 39.5. The maximum absolute atomic E-state index is 13.6. The molecule has 0 bridgehead atoms. The highest BCUT2D eigenvalue weighted by atomic mass is 16.6. The van der Waals surface area contributed by atoms with Crippen molar-refractivity contribution in [3.05, 3.63) is 87.8 Å². The number of carbonyl (C=O) groups excluding carboxylic acids is 2. The highest BCUT2D eigenvalue weighted by molar-refractivity contribution is 5.92. The fourth-order valence-electron chi connectivity index (χ4n) is 4.97. The summed E-state index contributed by atoms with van der Waals surface area (Å²) in [5.41, 5.74) is -1.13. The summed E-state index contributed by atoms with van der Waals surface area (Å²) in [6, 6.07) is 15.4. The molecule has 0 spiro atoms. The fraction of sp³-hybridized carbons (Fsp3) is 0.281. The molecule has 1 aromatic heterocycles. The first-order valence-electron chi connectivity index (χ1n) is 13.2. The summed E-state index contributed by atoms with van der Waals surface area (Å²) < 4.78 is 45.2. The number of hydrogen-bond acceptors (Lipinski definition) is 11. The minimum absolute atomic E-state index is 0.137. The van der Waals surface area contributed by atoms with Crippen LogP contribution in [0.3, 0.4) is 0 Å². The maximum atomic E-state index is 13.6. The third-order valence-corrected chi connectivity index (χ3v) is 7.11. The van der Waals surface area contributed by atoms with Crippen LogP contribution in [0.1, 0.15) is 46.2 Å². The summed E-state index contributed by atoms with van der Waals surface area (Å²) in [6.45, 7) is 3.40. The molecule has 11 heteroatoms. The zero-order valence-corrected chi connectivity index (χ0v) is 24.4. The van der Waals surface area contributed by atoms with Crippen LogP contribution in [-0.2, 0) is 9.47 Å². The molecular formula is C32H30O11. The minimum atomic E-state index is -1.25. The van der Waals surface area contributed by atoms with E-state index in [1.54, 1.807) is 44.2 Å². The van der Waals surface area contributed by atoms with Gasteiger partial charge in [-0.2, -0.15) is 0 Å². The Hall–Kier alpha value is -5.19. The van der Waals surface area contributed by atoms with Crippen LogP contribution >= 0.6 is 0 Å². The van der Waals surface area contributed by atoms with E-state index in [-0.39, 0.29) is 22.3 Å². The molecule has 2 heterocycles. The van der Waals surface area contributed by atoms with E-state index in [1.165, 1.54) is 58.8 Å². The minimum Gasteiger partial charge on any atom is -0.493 e. The van der Waals surface area contributed by atoms with Crippen molar-refractivity contribution in [1.82, 2.24) is 0 Å². The molecule has 0 N–H and O–H groups in total. The smallest absolute Gasteiger partial charge is 0.339 e. The molecule has 2 atom stereocenters. The zero-order chi connectivity index (χ0) is 30.9. The lowest BCUT2D eigenvalue weighted by molar-refractivity contribution is -0.122. The van der Waals surface area contributed by atoms with E-state index in [4.69, 9.17) is 37.6 Å². The van der Waals surface area contributed by atoms with Gasteiger partial charge in [0, 0.05) is 11.5 Å². The van der Waals surface area contributed by atoms with Crippen molar-refractivity contribution < 1.29 is 47.2 Å². The lowest BCUT2D eigenvalue weighted by Crippen LogP contribution is -2.52. The van der Waals surface area contributed by atoms with Gasteiger partial charge in [0.15, 0.2) is 35.2 Å². The van der Waals surface area contributed by atoms with Crippen LogP contribution < -0.4 is 29.3 Å². The molecule has 224 valence electrons. The van der Waals surface area contributed by atoms with Crippen LogP contribution in [0.5, 0.6) is 28.7 Å². The molecule has 0 radical (unpaired) electrons. The third kappa shape index (κ3) is 5.53. The van der Waals surface area contributed by atoms with Gasteiger partial charge in [0.2, 0.25) is 0 Å². The molecule has 0 aliphatic carbocycles. The van der Waals surface area contributed by atoms with E-state index >= 15 is 0 Å². The molecule has 11 nitrogen and oxygen atoms in total. The van der Waals surface area contributed by atoms with E-state index in [0.717, 1.165) is 0 Å². The van der Waals surface area contributed by atoms with Crippen molar-refractivity contribution in [3.8, 4) is 28.7 Å². The molecular weight excluding hydrogens is 560 g/mol. The summed E-state index contributed by atoms with van der Waals surface area (Å²) >= 11 is 0. The number of hydrogen-bond donors (Lipinski definition) is 0. The Morgan fingerprint density at radius 1 is 0.698 bits per heavy atom. The highest BCUT2D eigenvalue weighted by Gasteiger charge is 2.50. The summed E-state index contributed by atoms with van der Waals surface area (Å²) in [5.74, 6) is 0.305. The van der Waals surface area contributed by atoms with E-state index < -0.39 is 35.4 Å². The second-order valence-corrected chi connectivity index (χ2v) is 10.1. The summed E-state index contributed by atoms with van der Waals surface area (Å²) in [6.07, 6.45) is -2.45. The topological polar surface area (TPSA) is 129 Å². The molecule has 5 rings (SSSR count). The zero-order valence-electron chi connectivity index (χ0n) is 24.4. The van der Waals surface area contributed by atoms with Crippen LogP contribution in [0.2, 0.25) is 0 Å². The van der Waals surface area contributed by atoms with E-state index in [0.29, 0.717) is 34.1 Å². The number of esters is 2. The second kappa shape index (κ2) is 11.6. The van der Waals surface area contributed by atoms with Crippen molar-refractivity contribution >= 4 is 22.9 Å². The highest BCUT2D eigenvalue weighted by Crippen LogP contribution is 2.47. The Morgan fingerprint density at radius 2 is 1.23 bits per heavy atom. The van der Waals surface area contributed by atoms with E-state index in [9.17, 15) is 14.4 Å². The Morgan fingerprint density at radius 3 is 1.79 bits per heavy atom. The average molecular weight is 591 g/mol. The van der Waals surface area contributed by atoms with Crippen molar-refractivity contribution in [2.24, 2.45) is 0 Å². The number of ether oxygens (including phenoxy) is 7. The van der Waals surface area contributed by atoms with Gasteiger partial charge in [-0.3, -0.25) is 0 Å². The lowest BCUT2D eigenvalue weighted by atomic mass is 9.87.